The first-order valence-electron chi connectivity index (χ1n) is 8.56. The third-order valence-electron chi connectivity index (χ3n) is 4.39. The van der Waals surface area contributed by atoms with Gasteiger partial charge in [-0.05, 0) is 31.2 Å². The average molecular weight is 395 g/mol. The number of aromatic amines is 1. The fourth-order valence-electron chi connectivity index (χ4n) is 2.87. The van der Waals surface area contributed by atoms with Crippen molar-refractivity contribution < 1.29 is 14.4 Å². The number of carbonyl (C=O) groups is 3. The van der Waals surface area contributed by atoms with Gasteiger partial charge in [0.15, 0.2) is 0 Å². The molecule has 1 aromatic heterocycles. The van der Waals surface area contributed by atoms with Crippen molar-refractivity contribution in [2.75, 3.05) is 11.1 Å². The van der Waals surface area contributed by atoms with Crippen LogP contribution in [0.4, 0.5) is 10.7 Å². The molecule has 9 heteroatoms. The molecule has 4 amide bonds. The molecule has 1 aliphatic rings. The first kappa shape index (κ1) is 18.1. The van der Waals surface area contributed by atoms with E-state index in [4.69, 9.17) is 0 Å². The second-order valence-corrected chi connectivity index (χ2v) is 7.60. The van der Waals surface area contributed by atoms with E-state index < -0.39 is 11.6 Å². The smallest absolute Gasteiger partial charge is 0.322 e. The van der Waals surface area contributed by atoms with Crippen LogP contribution in [0.1, 0.15) is 17.3 Å². The molecule has 2 aromatic carbocycles. The van der Waals surface area contributed by atoms with E-state index in [-0.39, 0.29) is 11.8 Å². The van der Waals surface area contributed by atoms with Gasteiger partial charge in [-0.25, -0.2) is 9.78 Å². The average Bonchev–Trinajstić information content (AvgIpc) is 3.19. The molecule has 142 valence electrons. The summed E-state index contributed by atoms with van der Waals surface area (Å²) in [5.74, 6) is -0.0405. The van der Waals surface area contributed by atoms with E-state index in [0.29, 0.717) is 22.2 Å². The SMILES string of the molecule is C[C@@]1(CSc2ccccc2C(=O)Nc2nc3ccccc3[nH]2)NC(=O)NC1=O. The van der Waals surface area contributed by atoms with Crippen molar-refractivity contribution in [3.8, 4) is 0 Å². The molecule has 0 saturated carbocycles. The summed E-state index contributed by atoms with van der Waals surface area (Å²) >= 11 is 1.33. The minimum Gasteiger partial charge on any atom is -0.324 e. The van der Waals surface area contributed by atoms with Gasteiger partial charge in [-0.3, -0.25) is 20.2 Å². The maximum absolute atomic E-state index is 12.8. The van der Waals surface area contributed by atoms with Crippen LogP contribution in [0.2, 0.25) is 0 Å². The molecule has 1 saturated heterocycles. The molecule has 4 N–H and O–H groups in total. The third-order valence-corrected chi connectivity index (χ3v) is 5.78. The number of benzene rings is 2. The Morgan fingerprint density at radius 1 is 1.14 bits per heavy atom. The Labute approximate surface area is 164 Å². The highest BCUT2D eigenvalue weighted by Gasteiger charge is 2.41. The van der Waals surface area contributed by atoms with Crippen molar-refractivity contribution in [2.24, 2.45) is 0 Å². The van der Waals surface area contributed by atoms with Gasteiger partial charge in [-0.15, -0.1) is 11.8 Å². The number of nitrogens with one attached hydrogen (secondary N) is 4. The van der Waals surface area contributed by atoms with Crippen LogP contribution in [0.3, 0.4) is 0 Å². The topological polar surface area (TPSA) is 116 Å². The number of hydrogen-bond acceptors (Lipinski definition) is 5. The summed E-state index contributed by atoms with van der Waals surface area (Å²) in [6.07, 6.45) is 0. The number of imidazole rings is 1. The van der Waals surface area contributed by atoms with Crippen LogP contribution in [0, 0.1) is 0 Å². The van der Waals surface area contributed by atoms with Crippen molar-refractivity contribution in [1.29, 1.82) is 0 Å². The summed E-state index contributed by atoms with van der Waals surface area (Å²) in [6, 6.07) is 14.1. The molecule has 1 fully saturated rings. The number of H-pyrrole nitrogens is 1. The van der Waals surface area contributed by atoms with Crippen LogP contribution in [0.15, 0.2) is 53.4 Å². The van der Waals surface area contributed by atoms with Crippen LogP contribution in [-0.4, -0.2) is 39.1 Å². The number of imide groups is 1. The van der Waals surface area contributed by atoms with Crippen molar-refractivity contribution in [3.05, 3.63) is 54.1 Å². The van der Waals surface area contributed by atoms with Crippen LogP contribution in [0.25, 0.3) is 11.0 Å². The molecule has 3 aromatic rings. The molecule has 2 heterocycles. The maximum atomic E-state index is 12.8. The highest BCUT2D eigenvalue weighted by Crippen LogP contribution is 2.28. The van der Waals surface area contributed by atoms with Crippen LogP contribution in [-0.2, 0) is 4.79 Å². The van der Waals surface area contributed by atoms with Gasteiger partial charge in [-0.1, -0.05) is 24.3 Å². The van der Waals surface area contributed by atoms with Gasteiger partial charge in [-0.2, -0.15) is 0 Å². The second-order valence-electron chi connectivity index (χ2n) is 6.58. The fourth-order valence-corrected chi connectivity index (χ4v) is 4.01. The lowest BCUT2D eigenvalue weighted by Gasteiger charge is -2.20. The van der Waals surface area contributed by atoms with Gasteiger partial charge >= 0.3 is 6.03 Å². The van der Waals surface area contributed by atoms with E-state index in [2.05, 4.69) is 25.9 Å². The minimum absolute atomic E-state index is 0.291. The molecule has 28 heavy (non-hydrogen) atoms. The zero-order valence-corrected chi connectivity index (χ0v) is 15.7. The Balaban J connectivity index is 1.51. The summed E-state index contributed by atoms with van der Waals surface area (Å²) in [7, 11) is 0. The van der Waals surface area contributed by atoms with Crippen LogP contribution in [0.5, 0.6) is 0 Å². The van der Waals surface area contributed by atoms with Gasteiger partial charge in [0.2, 0.25) is 5.95 Å². The Kier molecular flexibility index (Phi) is 4.52. The number of hydrogen-bond donors (Lipinski definition) is 4. The molecule has 0 radical (unpaired) electrons. The number of amides is 4. The monoisotopic (exact) mass is 395 g/mol. The van der Waals surface area contributed by atoms with Crippen LogP contribution >= 0.6 is 11.8 Å². The number of aromatic nitrogens is 2. The van der Waals surface area contributed by atoms with E-state index in [1.165, 1.54) is 11.8 Å². The van der Waals surface area contributed by atoms with Crippen LogP contribution < -0.4 is 16.0 Å². The molecule has 4 rings (SSSR count). The molecule has 8 nitrogen and oxygen atoms in total. The van der Waals surface area contributed by atoms with Crippen molar-refractivity contribution in [2.45, 2.75) is 17.4 Å². The van der Waals surface area contributed by atoms with Crippen molar-refractivity contribution in [3.63, 3.8) is 0 Å². The van der Waals surface area contributed by atoms with Gasteiger partial charge in [0.1, 0.15) is 5.54 Å². The molecular weight excluding hydrogens is 378 g/mol. The number of rotatable bonds is 5. The summed E-state index contributed by atoms with van der Waals surface area (Å²) in [5, 5.41) is 7.62. The number of carbonyl (C=O) groups excluding carboxylic acids is 3. The van der Waals surface area contributed by atoms with Gasteiger partial charge in [0.25, 0.3) is 11.8 Å². The lowest BCUT2D eigenvalue weighted by atomic mass is 10.1. The Morgan fingerprint density at radius 2 is 1.89 bits per heavy atom. The van der Waals surface area contributed by atoms with E-state index in [0.717, 1.165) is 11.0 Å². The first-order valence-corrected chi connectivity index (χ1v) is 9.55. The first-order chi connectivity index (χ1) is 13.4. The zero-order valence-electron chi connectivity index (χ0n) is 14.9. The molecule has 0 spiro atoms. The molecule has 0 aliphatic carbocycles. The fraction of sp³-hybridized carbons (Fsp3) is 0.158. The van der Waals surface area contributed by atoms with Crippen molar-refractivity contribution >= 4 is 46.6 Å². The largest absolute Gasteiger partial charge is 0.324 e. The zero-order chi connectivity index (χ0) is 19.7. The number of para-hydroxylation sites is 2. The molecule has 1 atom stereocenters. The third kappa shape index (κ3) is 3.44. The molecule has 1 aliphatic heterocycles. The number of anilines is 1. The number of nitrogens with zero attached hydrogens (tertiary/aromatic N) is 1. The van der Waals surface area contributed by atoms with Gasteiger partial charge in [0.05, 0.1) is 16.6 Å². The molecular formula is C19H17N5O3S. The number of fused-ring (bicyclic) bond motifs is 1. The van der Waals surface area contributed by atoms with E-state index in [1.54, 1.807) is 25.1 Å². The van der Waals surface area contributed by atoms with E-state index in [9.17, 15) is 14.4 Å². The van der Waals surface area contributed by atoms with Gasteiger partial charge in [0, 0.05) is 10.6 Å². The van der Waals surface area contributed by atoms with E-state index in [1.807, 2.05) is 30.3 Å². The van der Waals surface area contributed by atoms with Gasteiger partial charge < -0.3 is 10.3 Å². The number of thioether (sulfide) groups is 1. The standard InChI is InChI=1S/C19H17N5O3S/c1-19(16(26)23-18(27)24-19)10-28-14-9-5-2-6-11(14)15(25)22-17-20-12-7-3-4-8-13(12)21-17/h2-9H,10H2,1H3,(H2,20,21,22,25)(H2,23,24,26,27)/t19-/m0/s1. The minimum atomic E-state index is -1.02. The summed E-state index contributed by atoms with van der Waals surface area (Å²) in [6.45, 7) is 1.65. The van der Waals surface area contributed by atoms with Crippen molar-refractivity contribution in [1.82, 2.24) is 20.6 Å². The Morgan fingerprint density at radius 3 is 2.64 bits per heavy atom. The maximum Gasteiger partial charge on any atom is 0.322 e. The lowest BCUT2D eigenvalue weighted by molar-refractivity contribution is -0.122. The lowest BCUT2D eigenvalue weighted by Crippen LogP contribution is -2.46. The molecule has 0 unspecified atom stereocenters. The van der Waals surface area contributed by atoms with E-state index >= 15 is 0 Å². The predicted molar refractivity (Wildman–Crippen MR) is 106 cm³/mol. The second kappa shape index (κ2) is 7.01. The molecule has 0 bridgehead atoms. The normalized spacial score (nSPS) is 18.8. The predicted octanol–water partition coefficient (Wildman–Crippen LogP) is 2.51. The Hall–Kier alpha value is -3.33. The highest BCUT2D eigenvalue weighted by atomic mass is 32.2. The summed E-state index contributed by atoms with van der Waals surface area (Å²) in [5.41, 5.74) is 1.03. The highest BCUT2D eigenvalue weighted by molar-refractivity contribution is 7.99. The number of urea groups is 1. The Bertz CT molecular complexity index is 1060. The summed E-state index contributed by atoms with van der Waals surface area (Å²) in [4.78, 5) is 44.3. The quantitative estimate of drug-likeness (QED) is 0.391. The summed E-state index contributed by atoms with van der Waals surface area (Å²) < 4.78 is 0.